The van der Waals surface area contributed by atoms with Crippen molar-refractivity contribution >= 4 is 9.84 Å². The van der Waals surface area contributed by atoms with Crippen molar-refractivity contribution in [2.24, 2.45) is 0 Å². The summed E-state index contributed by atoms with van der Waals surface area (Å²) in [5, 5.41) is 10.5. The minimum Gasteiger partial charge on any atom is -0.387 e. The maximum absolute atomic E-state index is 13.0. The molecule has 0 aliphatic rings. The van der Waals surface area contributed by atoms with E-state index in [0.29, 0.717) is 0 Å². The van der Waals surface area contributed by atoms with Gasteiger partial charge in [-0.15, -0.1) is 0 Å². The lowest BCUT2D eigenvalue weighted by Crippen LogP contribution is -2.54. The molecule has 3 nitrogen and oxygen atoms in total. The molecule has 4 heteroatoms. The van der Waals surface area contributed by atoms with Gasteiger partial charge in [0, 0.05) is 0 Å². The summed E-state index contributed by atoms with van der Waals surface area (Å²) in [5.74, 6) is 0. The number of aliphatic hydroxyl groups excluding tert-OH is 1. The molecule has 0 radical (unpaired) electrons. The molecule has 0 spiro atoms. The molecule has 0 fully saturated rings. The molecule has 118 valence electrons. The Kier molecular flexibility index (Phi) is 5.40. The van der Waals surface area contributed by atoms with Crippen LogP contribution >= 0.6 is 0 Å². The molecule has 0 amide bonds. The summed E-state index contributed by atoms with van der Waals surface area (Å²) in [4.78, 5) is 0. The van der Waals surface area contributed by atoms with Crippen LogP contribution in [0.25, 0.3) is 0 Å². The van der Waals surface area contributed by atoms with Crippen LogP contribution in [0.1, 0.15) is 40.2 Å². The summed E-state index contributed by atoms with van der Waals surface area (Å²) in [6, 6.07) is 9.42. The maximum atomic E-state index is 13.0. The van der Waals surface area contributed by atoms with E-state index in [1.54, 1.807) is 46.8 Å². The third-order valence-corrected chi connectivity index (χ3v) is 7.04. The zero-order chi connectivity index (χ0) is 16.3. The van der Waals surface area contributed by atoms with Gasteiger partial charge in [0.25, 0.3) is 0 Å². The number of aliphatic hydroxyl groups is 1. The molecule has 0 saturated carbocycles. The maximum Gasteiger partial charge on any atom is 0.163 e. The number of hydrogen-bond acceptors (Lipinski definition) is 3. The normalized spacial score (nSPS) is 17.6. The molecule has 0 aliphatic heterocycles. The van der Waals surface area contributed by atoms with Crippen LogP contribution in [-0.2, 0) is 16.3 Å². The summed E-state index contributed by atoms with van der Waals surface area (Å²) < 4.78 is 23.8. The summed E-state index contributed by atoms with van der Waals surface area (Å²) in [7, 11) is -3.56. The molecule has 1 aromatic rings. The topological polar surface area (TPSA) is 54.4 Å². The first-order valence-electron chi connectivity index (χ1n) is 7.15. The molecule has 0 aliphatic carbocycles. The van der Waals surface area contributed by atoms with Crippen molar-refractivity contribution in [3.05, 3.63) is 48.0 Å². The third kappa shape index (κ3) is 3.55. The second kappa shape index (κ2) is 6.32. The van der Waals surface area contributed by atoms with Crippen LogP contribution in [0, 0.1) is 0 Å². The van der Waals surface area contributed by atoms with Crippen LogP contribution in [0.3, 0.4) is 0 Å². The Labute approximate surface area is 128 Å². The molecule has 1 N–H and O–H groups in total. The lowest BCUT2D eigenvalue weighted by molar-refractivity contribution is 0.173. The summed E-state index contributed by atoms with van der Waals surface area (Å²) >= 11 is 0. The van der Waals surface area contributed by atoms with Crippen LogP contribution in [0.2, 0.25) is 0 Å². The fraction of sp³-hybridized carbons (Fsp3) is 0.529. The van der Waals surface area contributed by atoms with Crippen LogP contribution in [-0.4, -0.2) is 29.1 Å². The van der Waals surface area contributed by atoms with Crippen LogP contribution < -0.4 is 0 Å². The lowest BCUT2D eigenvalue weighted by atomic mass is 9.94. The highest BCUT2D eigenvalue weighted by atomic mass is 32.2. The van der Waals surface area contributed by atoms with Gasteiger partial charge in [0.1, 0.15) is 4.75 Å². The number of rotatable bonds is 5. The minimum atomic E-state index is -3.56. The highest BCUT2D eigenvalue weighted by Gasteiger charge is 2.50. The summed E-state index contributed by atoms with van der Waals surface area (Å²) in [5.41, 5.74) is 0.899. The average Bonchev–Trinajstić information content (AvgIpc) is 2.38. The van der Waals surface area contributed by atoms with E-state index in [1.165, 1.54) is 0 Å². The second-order valence-corrected chi connectivity index (χ2v) is 9.73. The number of hydrogen-bond donors (Lipinski definition) is 1. The Morgan fingerprint density at radius 1 is 1.14 bits per heavy atom. The zero-order valence-electron chi connectivity index (χ0n) is 13.5. The standard InChI is InChI=1S/C17H26O3S/c1-6-10-15(18)17(5,21(19,20)16(2,3)4)13-14-11-8-7-9-12-14/h6-12,15,18H,13H2,1-5H3/b10-6+/t15-,17-/m0/s1. The predicted molar refractivity (Wildman–Crippen MR) is 88.0 cm³/mol. The molecular weight excluding hydrogens is 284 g/mol. The van der Waals surface area contributed by atoms with Crippen molar-refractivity contribution in [1.82, 2.24) is 0 Å². The highest BCUT2D eigenvalue weighted by molar-refractivity contribution is 7.94. The number of sulfone groups is 1. The first-order valence-corrected chi connectivity index (χ1v) is 8.63. The fourth-order valence-electron chi connectivity index (χ4n) is 2.45. The van der Waals surface area contributed by atoms with Crippen molar-refractivity contribution in [3.63, 3.8) is 0 Å². The van der Waals surface area contributed by atoms with Crippen LogP contribution in [0.15, 0.2) is 42.5 Å². The van der Waals surface area contributed by atoms with Gasteiger partial charge >= 0.3 is 0 Å². The zero-order valence-corrected chi connectivity index (χ0v) is 14.3. The Morgan fingerprint density at radius 3 is 2.10 bits per heavy atom. The van der Waals surface area contributed by atoms with E-state index in [2.05, 4.69) is 0 Å². The Balaban J connectivity index is 3.38. The molecule has 0 bridgehead atoms. The highest BCUT2D eigenvalue weighted by Crippen LogP contribution is 2.35. The molecule has 1 aromatic carbocycles. The largest absolute Gasteiger partial charge is 0.387 e. The average molecular weight is 310 g/mol. The molecule has 0 aromatic heterocycles. The Morgan fingerprint density at radius 2 is 1.67 bits per heavy atom. The van der Waals surface area contributed by atoms with Crippen molar-refractivity contribution in [1.29, 1.82) is 0 Å². The first kappa shape index (κ1) is 17.9. The lowest BCUT2D eigenvalue weighted by Gasteiger charge is -2.38. The van der Waals surface area contributed by atoms with Gasteiger partial charge in [0.2, 0.25) is 0 Å². The van der Waals surface area contributed by atoms with Crippen LogP contribution in [0.4, 0.5) is 0 Å². The molecule has 1 rings (SSSR count). The molecule has 0 unspecified atom stereocenters. The molecule has 21 heavy (non-hydrogen) atoms. The van der Waals surface area contributed by atoms with Gasteiger partial charge in [0.05, 0.1) is 10.9 Å². The quantitative estimate of drug-likeness (QED) is 0.850. The monoisotopic (exact) mass is 310 g/mol. The van der Waals surface area contributed by atoms with Gasteiger partial charge in [-0.05, 0) is 46.6 Å². The smallest absolute Gasteiger partial charge is 0.163 e. The second-order valence-electron chi connectivity index (χ2n) is 6.56. The number of allylic oxidation sites excluding steroid dienone is 1. The predicted octanol–water partition coefficient (Wildman–Crippen LogP) is 3.14. The number of benzene rings is 1. The van der Waals surface area contributed by atoms with E-state index < -0.39 is 25.4 Å². The Hall–Kier alpha value is -1.13. The molecular formula is C17H26O3S. The summed E-state index contributed by atoms with van der Waals surface area (Å²) in [6.07, 6.45) is 2.46. The first-order chi connectivity index (χ1) is 9.56. The van der Waals surface area contributed by atoms with Gasteiger partial charge in [-0.2, -0.15) is 0 Å². The van der Waals surface area contributed by atoms with E-state index in [9.17, 15) is 13.5 Å². The van der Waals surface area contributed by atoms with Gasteiger partial charge in [-0.1, -0.05) is 42.5 Å². The van der Waals surface area contributed by atoms with Crippen molar-refractivity contribution in [2.45, 2.75) is 56.6 Å². The Bertz CT molecular complexity index is 582. The molecule has 0 heterocycles. The SMILES string of the molecule is C/C=C/[C@H](O)[C@](C)(Cc1ccccc1)S(=O)(=O)C(C)(C)C. The van der Waals surface area contributed by atoms with Crippen molar-refractivity contribution in [2.75, 3.05) is 0 Å². The van der Waals surface area contributed by atoms with E-state index in [1.807, 2.05) is 30.3 Å². The van der Waals surface area contributed by atoms with Gasteiger partial charge in [-0.25, -0.2) is 8.42 Å². The van der Waals surface area contributed by atoms with E-state index in [0.717, 1.165) is 5.56 Å². The summed E-state index contributed by atoms with van der Waals surface area (Å²) in [6.45, 7) is 8.43. The molecule has 2 atom stereocenters. The van der Waals surface area contributed by atoms with Crippen molar-refractivity contribution < 1.29 is 13.5 Å². The van der Waals surface area contributed by atoms with Gasteiger partial charge < -0.3 is 5.11 Å². The third-order valence-electron chi connectivity index (χ3n) is 3.82. The fourth-order valence-corrected chi connectivity index (χ4v) is 4.60. The minimum absolute atomic E-state index is 0.277. The van der Waals surface area contributed by atoms with E-state index in [-0.39, 0.29) is 6.42 Å². The van der Waals surface area contributed by atoms with Gasteiger partial charge in [-0.3, -0.25) is 0 Å². The van der Waals surface area contributed by atoms with Crippen molar-refractivity contribution in [3.8, 4) is 0 Å². The van der Waals surface area contributed by atoms with Crippen LogP contribution in [0.5, 0.6) is 0 Å². The van der Waals surface area contributed by atoms with Gasteiger partial charge in [0.15, 0.2) is 9.84 Å². The van der Waals surface area contributed by atoms with E-state index in [4.69, 9.17) is 0 Å². The molecule has 0 saturated heterocycles. The van der Waals surface area contributed by atoms with E-state index >= 15 is 0 Å².